The first kappa shape index (κ1) is 13.0. The Balaban J connectivity index is 2.08. The maximum absolute atomic E-state index is 5.24. The van der Waals surface area contributed by atoms with Crippen LogP contribution >= 0.6 is 15.9 Å². The van der Waals surface area contributed by atoms with E-state index in [2.05, 4.69) is 52.4 Å². The molecule has 0 heterocycles. The van der Waals surface area contributed by atoms with E-state index in [0.717, 1.165) is 22.5 Å². The number of anilines is 1. The van der Waals surface area contributed by atoms with Gasteiger partial charge in [-0.25, -0.2) is 0 Å². The minimum Gasteiger partial charge on any atom is -0.497 e. The zero-order valence-electron chi connectivity index (χ0n) is 10.5. The van der Waals surface area contributed by atoms with E-state index in [0.29, 0.717) is 0 Å². The molecule has 0 bridgehead atoms. The number of nitrogens with one attached hydrogen (secondary N) is 1. The average Bonchev–Trinajstić information content (AvgIpc) is 2.36. The quantitative estimate of drug-likeness (QED) is 0.905. The zero-order valence-corrected chi connectivity index (χ0v) is 12.1. The van der Waals surface area contributed by atoms with Crippen LogP contribution in [-0.2, 0) is 6.54 Å². The highest BCUT2D eigenvalue weighted by molar-refractivity contribution is 9.10. The minimum absolute atomic E-state index is 0.807. The molecule has 2 rings (SSSR count). The van der Waals surface area contributed by atoms with Crippen LogP contribution < -0.4 is 10.1 Å². The highest BCUT2D eigenvalue weighted by Gasteiger charge is 2.00. The monoisotopic (exact) mass is 305 g/mol. The molecule has 18 heavy (non-hydrogen) atoms. The van der Waals surface area contributed by atoms with Crippen molar-refractivity contribution < 1.29 is 4.74 Å². The fourth-order valence-electron chi connectivity index (χ4n) is 1.81. The Labute approximate surface area is 116 Å². The van der Waals surface area contributed by atoms with Gasteiger partial charge in [0.2, 0.25) is 0 Å². The first-order chi connectivity index (χ1) is 8.67. The second-order valence-corrected chi connectivity index (χ2v) is 5.14. The van der Waals surface area contributed by atoms with Gasteiger partial charge in [0.25, 0.3) is 0 Å². The van der Waals surface area contributed by atoms with Gasteiger partial charge in [-0.3, -0.25) is 0 Å². The zero-order chi connectivity index (χ0) is 13.0. The summed E-state index contributed by atoms with van der Waals surface area (Å²) in [4.78, 5) is 0. The summed E-state index contributed by atoms with van der Waals surface area (Å²) in [5.74, 6) is 0.844. The van der Waals surface area contributed by atoms with Crippen LogP contribution in [0.1, 0.15) is 11.1 Å². The van der Waals surface area contributed by atoms with Gasteiger partial charge < -0.3 is 10.1 Å². The molecule has 0 saturated carbocycles. The molecule has 0 radical (unpaired) electrons. The van der Waals surface area contributed by atoms with E-state index in [9.17, 15) is 0 Å². The topological polar surface area (TPSA) is 21.3 Å². The molecule has 0 spiro atoms. The summed E-state index contributed by atoms with van der Waals surface area (Å²) in [6.07, 6.45) is 0. The molecule has 0 aliphatic carbocycles. The third-order valence-electron chi connectivity index (χ3n) is 2.69. The van der Waals surface area contributed by atoms with Gasteiger partial charge >= 0.3 is 0 Å². The molecule has 2 aromatic rings. The van der Waals surface area contributed by atoms with Gasteiger partial charge in [-0.15, -0.1) is 0 Å². The second kappa shape index (κ2) is 5.91. The van der Waals surface area contributed by atoms with E-state index in [1.54, 1.807) is 7.11 Å². The normalized spacial score (nSPS) is 10.2. The van der Waals surface area contributed by atoms with Gasteiger partial charge in [-0.2, -0.15) is 0 Å². The summed E-state index contributed by atoms with van der Waals surface area (Å²) in [6.45, 7) is 2.91. The SMILES string of the molecule is COc1cc(Br)cc(NCc2cccc(C)c2)c1. The molecule has 0 aromatic heterocycles. The summed E-state index contributed by atoms with van der Waals surface area (Å²) < 4.78 is 6.24. The van der Waals surface area contributed by atoms with Crippen molar-refractivity contribution in [1.29, 1.82) is 0 Å². The van der Waals surface area contributed by atoms with Crippen LogP contribution in [0.2, 0.25) is 0 Å². The van der Waals surface area contributed by atoms with Crippen molar-refractivity contribution in [2.75, 3.05) is 12.4 Å². The first-order valence-corrected chi connectivity index (χ1v) is 6.60. The smallest absolute Gasteiger partial charge is 0.122 e. The maximum Gasteiger partial charge on any atom is 0.122 e. The van der Waals surface area contributed by atoms with Crippen molar-refractivity contribution in [1.82, 2.24) is 0 Å². The Morgan fingerprint density at radius 2 is 2.00 bits per heavy atom. The molecule has 1 N–H and O–H groups in total. The van der Waals surface area contributed by atoms with Crippen molar-refractivity contribution in [3.05, 3.63) is 58.1 Å². The molecule has 2 nitrogen and oxygen atoms in total. The van der Waals surface area contributed by atoms with E-state index in [1.807, 2.05) is 18.2 Å². The van der Waals surface area contributed by atoms with E-state index in [4.69, 9.17) is 4.74 Å². The van der Waals surface area contributed by atoms with Crippen molar-refractivity contribution in [2.45, 2.75) is 13.5 Å². The molecule has 0 amide bonds. The summed E-state index contributed by atoms with van der Waals surface area (Å²) in [5.41, 5.74) is 3.60. The van der Waals surface area contributed by atoms with E-state index in [1.165, 1.54) is 11.1 Å². The highest BCUT2D eigenvalue weighted by Crippen LogP contribution is 2.24. The van der Waals surface area contributed by atoms with Crippen molar-refractivity contribution in [3.63, 3.8) is 0 Å². The van der Waals surface area contributed by atoms with E-state index in [-0.39, 0.29) is 0 Å². The fourth-order valence-corrected chi connectivity index (χ4v) is 2.28. The number of aryl methyl sites for hydroxylation is 1. The molecule has 94 valence electrons. The van der Waals surface area contributed by atoms with Crippen LogP contribution in [0.15, 0.2) is 46.9 Å². The van der Waals surface area contributed by atoms with Crippen LogP contribution in [0.25, 0.3) is 0 Å². The predicted octanol–water partition coefficient (Wildman–Crippen LogP) is 4.38. The van der Waals surface area contributed by atoms with E-state index < -0.39 is 0 Å². The predicted molar refractivity (Wildman–Crippen MR) is 79.2 cm³/mol. The fraction of sp³-hybridized carbons (Fsp3) is 0.200. The van der Waals surface area contributed by atoms with Gasteiger partial charge in [0.1, 0.15) is 5.75 Å². The molecular weight excluding hydrogens is 290 g/mol. The summed E-state index contributed by atoms with van der Waals surface area (Å²) in [6, 6.07) is 14.5. The highest BCUT2D eigenvalue weighted by atomic mass is 79.9. The molecule has 0 atom stereocenters. The van der Waals surface area contributed by atoms with Gasteiger partial charge in [-0.05, 0) is 24.6 Å². The summed E-state index contributed by atoms with van der Waals surface area (Å²) >= 11 is 3.47. The molecule has 0 fully saturated rings. The minimum atomic E-state index is 0.807. The Hall–Kier alpha value is -1.48. The lowest BCUT2D eigenvalue weighted by Crippen LogP contribution is -2.00. The number of ether oxygens (including phenoxy) is 1. The van der Waals surface area contributed by atoms with Crippen molar-refractivity contribution >= 4 is 21.6 Å². The largest absolute Gasteiger partial charge is 0.497 e. The van der Waals surface area contributed by atoms with Crippen LogP contribution in [-0.4, -0.2) is 7.11 Å². The Morgan fingerprint density at radius 3 is 2.72 bits per heavy atom. The van der Waals surface area contributed by atoms with Gasteiger partial charge in [0.05, 0.1) is 7.11 Å². The molecule has 0 aliphatic rings. The van der Waals surface area contributed by atoms with Crippen molar-refractivity contribution in [3.8, 4) is 5.75 Å². The van der Waals surface area contributed by atoms with Gasteiger partial charge in [-0.1, -0.05) is 45.8 Å². The third kappa shape index (κ3) is 3.50. The number of hydrogen-bond donors (Lipinski definition) is 1. The van der Waals surface area contributed by atoms with Crippen LogP contribution in [0, 0.1) is 6.92 Å². The standard InChI is InChI=1S/C15H16BrNO/c1-11-4-3-5-12(6-11)10-17-14-7-13(16)8-15(9-14)18-2/h3-9,17H,10H2,1-2H3. The third-order valence-corrected chi connectivity index (χ3v) is 3.14. The van der Waals surface area contributed by atoms with Crippen LogP contribution in [0.5, 0.6) is 5.75 Å². The average molecular weight is 306 g/mol. The van der Waals surface area contributed by atoms with Crippen LogP contribution in [0.3, 0.4) is 0 Å². The molecule has 0 aliphatic heterocycles. The summed E-state index contributed by atoms with van der Waals surface area (Å²) in [7, 11) is 1.67. The van der Waals surface area contributed by atoms with Crippen molar-refractivity contribution in [2.24, 2.45) is 0 Å². The Kier molecular flexibility index (Phi) is 4.26. The lowest BCUT2D eigenvalue weighted by atomic mass is 10.1. The molecule has 0 saturated heterocycles. The second-order valence-electron chi connectivity index (χ2n) is 4.22. The van der Waals surface area contributed by atoms with Gasteiger partial charge in [0, 0.05) is 22.8 Å². The number of hydrogen-bond acceptors (Lipinski definition) is 2. The lowest BCUT2D eigenvalue weighted by molar-refractivity contribution is 0.414. The number of methoxy groups -OCH3 is 1. The van der Waals surface area contributed by atoms with E-state index >= 15 is 0 Å². The Morgan fingerprint density at radius 1 is 1.17 bits per heavy atom. The molecule has 3 heteroatoms. The summed E-state index contributed by atoms with van der Waals surface area (Å²) in [5, 5.41) is 3.39. The number of benzene rings is 2. The van der Waals surface area contributed by atoms with Crippen LogP contribution in [0.4, 0.5) is 5.69 Å². The Bertz CT molecular complexity index is 540. The molecular formula is C15H16BrNO. The molecule has 0 unspecified atom stereocenters. The number of rotatable bonds is 4. The lowest BCUT2D eigenvalue weighted by Gasteiger charge is -2.09. The maximum atomic E-state index is 5.24. The number of halogens is 1. The molecule has 2 aromatic carbocycles. The van der Waals surface area contributed by atoms with Gasteiger partial charge in [0.15, 0.2) is 0 Å². The first-order valence-electron chi connectivity index (χ1n) is 5.81.